The molecule has 1 heterocycles. The molecule has 0 bridgehead atoms. The Hall–Kier alpha value is -0.540. The molecule has 4 heteroatoms. The summed E-state index contributed by atoms with van der Waals surface area (Å²) in [5, 5.41) is 10.3. The third-order valence-electron chi connectivity index (χ3n) is 2.92. The Balaban J connectivity index is 2.20. The molecule has 1 atom stereocenters. The molecule has 1 nitrogen and oxygen atoms in total. The second kappa shape index (κ2) is 6.27. The molecule has 0 saturated heterocycles. The zero-order valence-electron chi connectivity index (χ0n) is 10.9. The van der Waals surface area contributed by atoms with Crippen molar-refractivity contribution < 1.29 is 5.11 Å². The minimum Gasteiger partial charge on any atom is -0.384 e. The van der Waals surface area contributed by atoms with E-state index < -0.39 is 6.10 Å². The summed E-state index contributed by atoms with van der Waals surface area (Å²) in [4.78, 5) is 0. The van der Waals surface area contributed by atoms with E-state index in [1.807, 2.05) is 12.1 Å². The highest BCUT2D eigenvalue weighted by atomic mass is 35.5. The van der Waals surface area contributed by atoms with Crippen molar-refractivity contribution in [2.24, 2.45) is 5.92 Å². The number of halogens is 2. The maximum Gasteiger partial charge on any atom is 0.106 e. The average Bonchev–Trinajstić information content (AvgIpc) is 2.68. The van der Waals surface area contributed by atoms with E-state index in [1.54, 1.807) is 6.07 Å². The van der Waals surface area contributed by atoms with Crippen LogP contribution in [0.15, 0.2) is 30.3 Å². The lowest BCUT2D eigenvalue weighted by atomic mass is 9.98. The minimum atomic E-state index is -0.718. The first-order valence-electron chi connectivity index (χ1n) is 6.19. The van der Waals surface area contributed by atoms with Crippen LogP contribution in [0.4, 0.5) is 0 Å². The van der Waals surface area contributed by atoms with Crippen molar-refractivity contribution in [3.63, 3.8) is 0 Å². The van der Waals surface area contributed by atoms with Gasteiger partial charge in [0, 0.05) is 5.56 Å². The number of aliphatic hydroxyl groups is 1. The third kappa shape index (κ3) is 3.73. The van der Waals surface area contributed by atoms with Crippen LogP contribution in [0.5, 0.6) is 0 Å². The molecule has 1 aromatic heterocycles. The summed E-state index contributed by atoms with van der Waals surface area (Å²) in [6.07, 6.45) is 0.325. The van der Waals surface area contributed by atoms with Gasteiger partial charge in [0.1, 0.15) is 10.4 Å². The van der Waals surface area contributed by atoms with E-state index in [9.17, 15) is 5.11 Å². The number of hydrogen-bond acceptors (Lipinski definition) is 2. The summed E-state index contributed by atoms with van der Waals surface area (Å²) < 4.78 is 1.14. The molecule has 102 valence electrons. The van der Waals surface area contributed by atoms with E-state index >= 15 is 0 Å². The molecule has 0 spiro atoms. The fourth-order valence-electron chi connectivity index (χ4n) is 2.03. The zero-order chi connectivity index (χ0) is 14.0. The topological polar surface area (TPSA) is 20.2 Å². The molecular weight excluding hydrogens is 299 g/mol. The standard InChI is InChI=1S/C15H16Cl2OS/c1-9(2)7-10-3-5-11(6-4-10)14(18)12-8-13(16)19-15(12)17/h3-6,8-9,14,18H,7H2,1-2H3. The highest BCUT2D eigenvalue weighted by Crippen LogP contribution is 2.37. The van der Waals surface area contributed by atoms with Gasteiger partial charge in [-0.25, -0.2) is 0 Å². The van der Waals surface area contributed by atoms with Crippen LogP contribution in [-0.4, -0.2) is 5.11 Å². The first-order chi connectivity index (χ1) is 8.97. The smallest absolute Gasteiger partial charge is 0.106 e. The highest BCUT2D eigenvalue weighted by molar-refractivity contribution is 7.20. The molecule has 0 aliphatic carbocycles. The Labute approximate surface area is 127 Å². The normalized spacial score (nSPS) is 12.9. The van der Waals surface area contributed by atoms with Crippen LogP contribution in [0.2, 0.25) is 8.67 Å². The maximum atomic E-state index is 10.3. The molecule has 19 heavy (non-hydrogen) atoms. The average molecular weight is 315 g/mol. The third-order valence-corrected chi connectivity index (χ3v) is 4.44. The van der Waals surface area contributed by atoms with Gasteiger partial charge in [-0.2, -0.15) is 0 Å². The van der Waals surface area contributed by atoms with Crippen molar-refractivity contribution >= 4 is 34.5 Å². The number of aliphatic hydroxyl groups excluding tert-OH is 1. The lowest BCUT2D eigenvalue weighted by molar-refractivity contribution is 0.221. The number of hydrogen-bond donors (Lipinski definition) is 1. The summed E-state index contributed by atoms with van der Waals surface area (Å²) in [6, 6.07) is 9.73. The minimum absolute atomic E-state index is 0.545. The maximum absolute atomic E-state index is 10.3. The van der Waals surface area contributed by atoms with Crippen molar-refractivity contribution in [2.45, 2.75) is 26.4 Å². The second-order valence-corrected chi connectivity index (χ2v) is 7.31. The monoisotopic (exact) mass is 314 g/mol. The van der Waals surface area contributed by atoms with E-state index in [4.69, 9.17) is 23.2 Å². The summed E-state index contributed by atoms with van der Waals surface area (Å²) >= 11 is 13.2. The quantitative estimate of drug-likeness (QED) is 0.808. The van der Waals surface area contributed by atoms with Crippen LogP contribution in [0.3, 0.4) is 0 Å². The van der Waals surface area contributed by atoms with Gasteiger partial charge in [0.05, 0.1) is 4.34 Å². The highest BCUT2D eigenvalue weighted by Gasteiger charge is 2.16. The van der Waals surface area contributed by atoms with Gasteiger partial charge in [0.2, 0.25) is 0 Å². The molecule has 0 amide bonds. The van der Waals surface area contributed by atoms with Crippen LogP contribution < -0.4 is 0 Å². The fraction of sp³-hybridized carbons (Fsp3) is 0.333. The summed E-state index contributed by atoms with van der Waals surface area (Å²) in [6.45, 7) is 4.38. The van der Waals surface area contributed by atoms with Crippen molar-refractivity contribution in [3.05, 3.63) is 55.7 Å². The van der Waals surface area contributed by atoms with E-state index in [1.165, 1.54) is 16.9 Å². The molecule has 0 saturated carbocycles. The Bertz CT molecular complexity index is 546. The number of benzene rings is 1. The molecule has 2 aromatic rings. The van der Waals surface area contributed by atoms with Gasteiger partial charge < -0.3 is 5.11 Å². The Kier molecular flexibility index (Phi) is 4.91. The van der Waals surface area contributed by atoms with Crippen LogP contribution in [-0.2, 0) is 6.42 Å². The van der Waals surface area contributed by atoms with Gasteiger partial charge in [-0.05, 0) is 29.5 Å². The molecule has 0 aliphatic heterocycles. The Morgan fingerprint density at radius 1 is 1.16 bits per heavy atom. The first kappa shape index (κ1) is 14.9. The van der Waals surface area contributed by atoms with Gasteiger partial charge in [-0.15, -0.1) is 11.3 Å². The largest absolute Gasteiger partial charge is 0.384 e. The predicted octanol–water partition coefficient (Wildman–Crippen LogP) is 5.34. The van der Waals surface area contributed by atoms with E-state index in [2.05, 4.69) is 26.0 Å². The molecule has 1 N–H and O–H groups in total. The van der Waals surface area contributed by atoms with Crippen LogP contribution in [0.25, 0.3) is 0 Å². The van der Waals surface area contributed by atoms with Crippen molar-refractivity contribution in [1.29, 1.82) is 0 Å². The zero-order valence-corrected chi connectivity index (χ0v) is 13.2. The van der Waals surface area contributed by atoms with E-state index in [-0.39, 0.29) is 0 Å². The number of rotatable bonds is 4. The van der Waals surface area contributed by atoms with E-state index in [0.717, 1.165) is 12.0 Å². The summed E-state index contributed by atoms with van der Waals surface area (Å²) in [5.41, 5.74) is 2.79. The summed E-state index contributed by atoms with van der Waals surface area (Å²) in [7, 11) is 0. The molecule has 0 fully saturated rings. The first-order valence-corrected chi connectivity index (χ1v) is 7.76. The van der Waals surface area contributed by atoms with Gasteiger partial charge >= 0.3 is 0 Å². The van der Waals surface area contributed by atoms with Gasteiger partial charge in [-0.1, -0.05) is 61.3 Å². The fourth-order valence-corrected chi connectivity index (χ4v) is 3.55. The SMILES string of the molecule is CC(C)Cc1ccc(C(O)c2cc(Cl)sc2Cl)cc1. The molecular formula is C15H16Cl2OS. The molecule has 2 rings (SSSR count). The summed E-state index contributed by atoms with van der Waals surface area (Å²) in [5.74, 6) is 0.626. The van der Waals surface area contributed by atoms with Crippen LogP contribution in [0, 0.1) is 5.92 Å². The van der Waals surface area contributed by atoms with Crippen LogP contribution >= 0.6 is 34.5 Å². The lowest BCUT2D eigenvalue weighted by Crippen LogP contribution is -2.00. The van der Waals surface area contributed by atoms with Crippen molar-refractivity contribution in [3.8, 4) is 0 Å². The van der Waals surface area contributed by atoms with Crippen LogP contribution in [0.1, 0.15) is 36.6 Å². The van der Waals surface area contributed by atoms with Gasteiger partial charge in [0.15, 0.2) is 0 Å². The predicted molar refractivity (Wildman–Crippen MR) is 83.4 cm³/mol. The lowest BCUT2D eigenvalue weighted by Gasteiger charge is -2.11. The molecule has 0 aliphatic rings. The molecule has 1 unspecified atom stereocenters. The Morgan fingerprint density at radius 3 is 2.26 bits per heavy atom. The van der Waals surface area contributed by atoms with E-state index in [0.29, 0.717) is 20.2 Å². The van der Waals surface area contributed by atoms with Crippen molar-refractivity contribution in [2.75, 3.05) is 0 Å². The van der Waals surface area contributed by atoms with Gasteiger partial charge in [-0.3, -0.25) is 0 Å². The Morgan fingerprint density at radius 2 is 1.79 bits per heavy atom. The number of thiophene rings is 1. The molecule has 0 radical (unpaired) electrons. The second-order valence-electron chi connectivity index (χ2n) is 5.02. The molecule has 1 aromatic carbocycles. The van der Waals surface area contributed by atoms with Crippen molar-refractivity contribution in [1.82, 2.24) is 0 Å². The van der Waals surface area contributed by atoms with Gasteiger partial charge in [0.25, 0.3) is 0 Å².